The summed E-state index contributed by atoms with van der Waals surface area (Å²) in [5.74, 6) is -0.00640. The number of anilines is 1. The van der Waals surface area contributed by atoms with Gasteiger partial charge in [0.1, 0.15) is 0 Å². The number of carbonyl (C=O) groups is 2. The maximum atomic E-state index is 12.9. The zero-order chi connectivity index (χ0) is 17.6. The Kier molecular flexibility index (Phi) is 8.39. The van der Waals surface area contributed by atoms with Crippen LogP contribution in [0.2, 0.25) is 0 Å². The van der Waals surface area contributed by atoms with E-state index in [4.69, 9.17) is 5.73 Å². The maximum Gasteiger partial charge on any atom is 0.232 e. The number of hydrogen-bond donors (Lipinski definition) is 3. The van der Waals surface area contributed by atoms with Crippen molar-refractivity contribution in [2.24, 2.45) is 11.1 Å². The second-order valence-electron chi connectivity index (χ2n) is 6.91. The Bertz CT molecular complexity index is 598. The van der Waals surface area contributed by atoms with Crippen molar-refractivity contribution < 1.29 is 9.59 Å². The number of carbonyl (C=O) groups excluding carboxylic acids is 2. The van der Waals surface area contributed by atoms with Crippen LogP contribution in [0.25, 0.3) is 0 Å². The highest BCUT2D eigenvalue weighted by Gasteiger charge is 2.41. The molecule has 1 aromatic rings. The van der Waals surface area contributed by atoms with Crippen molar-refractivity contribution in [1.29, 1.82) is 0 Å². The molecule has 6 heteroatoms. The third-order valence-corrected chi connectivity index (χ3v) is 5.04. The molecule has 0 bridgehead atoms. The average molecular weight is 368 g/mol. The minimum Gasteiger partial charge on any atom is -0.355 e. The molecule has 4 N–H and O–H groups in total. The smallest absolute Gasteiger partial charge is 0.232 e. The van der Waals surface area contributed by atoms with Crippen molar-refractivity contribution in [1.82, 2.24) is 5.32 Å². The number of nitrogens with one attached hydrogen (secondary N) is 2. The van der Waals surface area contributed by atoms with Crippen LogP contribution >= 0.6 is 12.4 Å². The van der Waals surface area contributed by atoms with Gasteiger partial charge in [0.25, 0.3) is 0 Å². The third kappa shape index (κ3) is 5.72. The van der Waals surface area contributed by atoms with Crippen molar-refractivity contribution in [3.05, 3.63) is 29.3 Å². The Hall–Kier alpha value is -1.59. The van der Waals surface area contributed by atoms with E-state index in [0.29, 0.717) is 25.9 Å². The lowest BCUT2D eigenvalue weighted by Gasteiger charge is -2.28. The largest absolute Gasteiger partial charge is 0.355 e. The highest BCUT2D eigenvalue weighted by molar-refractivity contribution is 5.96. The van der Waals surface area contributed by atoms with Gasteiger partial charge < -0.3 is 16.4 Å². The standard InChI is InChI=1S/C19H29N3O2.ClH/c1-14-7-8-16(12-15(14)2)22-18(24)19(9-3-4-10-19)13-21-17(23)6-5-11-20;/h7-8,12H,3-6,9-11,13,20H2,1-2H3,(H,21,23)(H,22,24);1H. The lowest BCUT2D eigenvalue weighted by molar-refractivity contribution is -0.126. The van der Waals surface area contributed by atoms with E-state index < -0.39 is 5.41 Å². The minimum absolute atomic E-state index is 0. The Balaban J connectivity index is 0.00000312. The van der Waals surface area contributed by atoms with Gasteiger partial charge in [0.05, 0.1) is 5.41 Å². The van der Waals surface area contributed by atoms with Crippen molar-refractivity contribution in [3.63, 3.8) is 0 Å². The highest BCUT2D eigenvalue weighted by Crippen LogP contribution is 2.38. The molecule has 0 atom stereocenters. The molecule has 1 aliphatic rings. The molecule has 1 fully saturated rings. The summed E-state index contributed by atoms with van der Waals surface area (Å²) in [4.78, 5) is 24.7. The van der Waals surface area contributed by atoms with E-state index in [1.807, 2.05) is 25.1 Å². The molecule has 1 saturated carbocycles. The summed E-state index contributed by atoms with van der Waals surface area (Å²) in [6.07, 6.45) is 4.79. The van der Waals surface area contributed by atoms with Crippen LogP contribution in [0.1, 0.15) is 49.7 Å². The molecule has 0 aliphatic heterocycles. The first-order valence-electron chi connectivity index (χ1n) is 8.82. The molecule has 5 nitrogen and oxygen atoms in total. The van der Waals surface area contributed by atoms with E-state index in [1.165, 1.54) is 5.56 Å². The molecular weight excluding hydrogens is 338 g/mol. The fourth-order valence-corrected chi connectivity index (χ4v) is 3.24. The molecule has 2 rings (SSSR count). The van der Waals surface area contributed by atoms with Gasteiger partial charge in [-0.15, -0.1) is 12.4 Å². The van der Waals surface area contributed by atoms with Crippen LogP contribution in [-0.4, -0.2) is 24.9 Å². The highest BCUT2D eigenvalue weighted by atomic mass is 35.5. The predicted molar refractivity (Wildman–Crippen MR) is 104 cm³/mol. The quantitative estimate of drug-likeness (QED) is 0.692. The van der Waals surface area contributed by atoms with Crippen LogP contribution in [0.4, 0.5) is 5.69 Å². The van der Waals surface area contributed by atoms with Crippen LogP contribution in [0.15, 0.2) is 18.2 Å². The van der Waals surface area contributed by atoms with Crippen LogP contribution in [-0.2, 0) is 9.59 Å². The van der Waals surface area contributed by atoms with Gasteiger partial charge in [0.2, 0.25) is 11.8 Å². The molecule has 1 aliphatic carbocycles. The lowest BCUT2D eigenvalue weighted by atomic mass is 9.84. The maximum absolute atomic E-state index is 12.9. The second-order valence-corrected chi connectivity index (χ2v) is 6.91. The average Bonchev–Trinajstić information content (AvgIpc) is 3.04. The van der Waals surface area contributed by atoms with E-state index in [2.05, 4.69) is 17.6 Å². The number of amides is 2. The lowest BCUT2D eigenvalue weighted by Crippen LogP contribution is -2.44. The zero-order valence-corrected chi connectivity index (χ0v) is 16.0. The monoisotopic (exact) mass is 367 g/mol. The van der Waals surface area contributed by atoms with Gasteiger partial charge in [0, 0.05) is 18.7 Å². The number of hydrogen-bond acceptors (Lipinski definition) is 3. The summed E-state index contributed by atoms with van der Waals surface area (Å²) < 4.78 is 0. The fraction of sp³-hybridized carbons (Fsp3) is 0.579. The topological polar surface area (TPSA) is 84.2 Å². The molecule has 0 saturated heterocycles. The molecule has 0 unspecified atom stereocenters. The number of benzene rings is 1. The van der Waals surface area contributed by atoms with Gasteiger partial charge >= 0.3 is 0 Å². The van der Waals surface area contributed by atoms with Gasteiger partial charge in [-0.25, -0.2) is 0 Å². The summed E-state index contributed by atoms with van der Waals surface area (Å²) >= 11 is 0. The van der Waals surface area contributed by atoms with E-state index >= 15 is 0 Å². The molecule has 0 heterocycles. The van der Waals surface area contributed by atoms with Gasteiger partial charge in [-0.3, -0.25) is 9.59 Å². The zero-order valence-electron chi connectivity index (χ0n) is 15.2. The minimum atomic E-state index is -0.489. The summed E-state index contributed by atoms with van der Waals surface area (Å²) in [6.45, 7) is 5.00. The van der Waals surface area contributed by atoms with Gasteiger partial charge in [-0.2, -0.15) is 0 Å². The first-order valence-corrected chi connectivity index (χ1v) is 8.82. The van der Waals surface area contributed by atoms with Crippen LogP contribution in [0, 0.1) is 19.3 Å². The number of nitrogens with two attached hydrogens (primary N) is 1. The Labute approximate surface area is 156 Å². The first kappa shape index (κ1) is 21.5. The van der Waals surface area contributed by atoms with Crippen LogP contribution in [0.5, 0.6) is 0 Å². The molecule has 0 aromatic heterocycles. The first-order chi connectivity index (χ1) is 11.5. The van der Waals surface area contributed by atoms with Gasteiger partial charge in [-0.1, -0.05) is 18.9 Å². The van der Waals surface area contributed by atoms with Crippen molar-refractivity contribution >= 4 is 29.9 Å². The predicted octanol–water partition coefficient (Wildman–Crippen LogP) is 3.08. The van der Waals surface area contributed by atoms with Crippen LogP contribution < -0.4 is 16.4 Å². The fourth-order valence-electron chi connectivity index (χ4n) is 3.24. The molecule has 0 spiro atoms. The van der Waals surface area contributed by atoms with E-state index in [1.54, 1.807) is 0 Å². The Morgan fingerprint density at radius 3 is 2.44 bits per heavy atom. The van der Waals surface area contributed by atoms with Crippen LogP contribution in [0.3, 0.4) is 0 Å². The second kappa shape index (κ2) is 9.78. The SMILES string of the molecule is Cc1ccc(NC(=O)C2(CNC(=O)CCCN)CCCC2)cc1C.Cl. The summed E-state index contributed by atoms with van der Waals surface area (Å²) in [5.41, 5.74) is 8.13. The van der Waals surface area contributed by atoms with Crippen molar-refractivity contribution in [2.75, 3.05) is 18.4 Å². The summed E-state index contributed by atoms with van der Waals surface area (Å²) in [5, 5.41) is 5.98. The Morgan fingerprint density at radius 2 is 1.84 bits per heavy atom. The van der Waals surface area contributed by atoms with Gasteiger partial charge in [-0.05, 0) is 62.9 Å². The van der Waals surface area contributed by atoms with Crippen molar-refractivity contribution in [2.45, 2.75) is 52.4 Å². The third-order valence-electron chi connectivity index (χ3n) is 5.04. The number of aryl methyl sites for hydroxylation is 2. The van der Waals surface area contributed by atoms with E-state index in [0.717, 1.165) is 36.9 Å². The number of halogens is 1. The summed E-state index contributed by atoms with van der Waals surface area (Å²) in [6, 6.07) is 5.94. The molecule has 25 heavy (non-hydrogen) atoms. The van der Waals surface area contributed by atoms with Crippen molar-refractivity contribution in [3.8, 4) is 0 Å². The normalized spacial score (nSPS) is 15.3. The van der Waals surface area contributed by atoms with E-state index in [9.17, 15) is 9.59 Å². The Morgan fingerprint density at radius 1 is 1.16 bits per heavy atom. The van der Waals surface area contributed by atoms with E-state index in [-0.39, 0.29) is 24.2 Å². The number of rotatable bonds is 7. The molecular formula is C19H30ClN3O2. The molecule has 2 amide bonds. The van der Waals surface area contributed by atoms with Gasteiger partial charge in [0.15, 0.2) is 0 Å². The molecule has 1 aromatic carbocycles. The molecule has 140 valence electrons. The summed E-state index contributed by atoms with van der Waals surface area (Å²) in [7, 11) is 0. The molecule has 0 radical (unpaired) electrons.